The lowest BCUT2D eigenvalue weighted by molar-refractivity contribution is -0.135. The fourth-order valence-corrected chi connectivity index (χ4v) is 6.27. The molecule has 0 aromatic rings. The molecule has 4 unspecified atom stereocenters. The van der Waals surface area contributed by atoms with Gasteiger partial charge in [0.05, 0.1) is 17.5 Å². The monoisotopic (exact) mass is 314 g/mol. The number of likely N-dealkylation sites (N-methyl/N-ethyl adjacent to an activating group) is 1. The van der Waals surface area contributed by atoms with Gasteiger partial charge in [-0.1, -0.05) is 6.42 Å². The van der Waals surface area contributed by atoms with Gasteiger partial charge in [-0.3, -0.25) is 4.79 Å². The van der Waals surface area contributed by atoms with Crippen molar-refractivity contribution in [2.45, 2.75) is 50.6 Å². The highest BCUT2D eigenvalue weighted by Crippen LogP contribution is 2.37. The van der Waals surface area contributed by atoms with E-state index in [1.165, 1.54) is 12.8 Å². The first kappa shape index (κ1) is 15.3. The molecular weight excluding hydrogens is 288 g/mol. The van der Waals surface area contributed by atoms with Crippen LogP contribution in [0.3, 0.4) is 0 Å². The highest BCUT2D eigenvalue weighted by molar-refractivity contribution is 7.91. The first-order valence-corrected chi connectivity index (χ1v) is 10.0. The zero-order valence-electron chi connectivity index (χ0n) is 12.8. The molecule has 21 heavy (non-hydrogen) atoms. The van der Waals surface area contributed by atoms with Crippen LogP contribution in [0.1, 0.15) is 38.5 Å². The number of carbonyl (C=O) groups is 1. The number of nitrogens with one attached hydrogen (secondary N) is 1. The van der Waals surface area contributed by atoms with Crippen LogP contribution in [0.2, 0.25) is 0 Å². The van der Waals surface area contributed by atoms with Crippen LogP contribution in [-0.2, 0) is 14.6 Å². The predicted molar refractivity (Wildman–Crippen MR) is 81.7 cm³/mol. The number of hydrogen-bond acceptors (Lipinski definition) is 4. The van der Waals surface area contributed by atoms with E-state index in [1.807, 2.05) is 11.9 Å². The van der Waals surface area contributed by atoms with E-state index < -0.39 is 9.84 Å². The molecule has 1 amide bonds. The molecule has 120 valence electrons. The number of nitrogens with zero attached hydrogens (tertiary/aromatic N) is 1. The molecule has 4 atom stereocenters. The topological polar surface area (TPSA) is 66.5 Å². The lowest BCUT2D eigenvalue weighted by atomic mass is 9.97. The first-order valence-electron chi connectivity index (χ1n) is 8.18. The summed E-state index contributed by atoms with van der Waals surface area (Å²) in [5.74, 6) is 1.50. The normalized spacial score (nSPS) is 39.3. The Balaban J connectivity index is 1.76. The molecule has 2 heterocycles. The number of sulfone groups is 1. The van der Waals surface area contributed by atoms with Crippen LogP contribution in [-0.4, -0.2) is 56.4 Å². The number of amides is 1. The van der Waals surface area contributed by atoms with Crippen molar-refractivity contribution in [1.29, 1.82) is 0 Å². The van der Waals surface area contributed by atoms with E-state index in [2.05, 4.69) is 5.32 Å². The summed E-state index contributed by atoms with van der Waals surface area (Å²) in [6, 6.07) is 0.257. The van der Waals surface area contributed by atoms with Crippen molar-refractivity contribution in [3.8, 4) is 0 Å². The van der Waals surface area contributed by atoms with Gasteiger partial charge in [0.15, 0.2) is 9.84 Å². The minimum absolute atomic E-state index is 0.0892. The first-order chi connectivity index (χ1) is 10.00. The molecule has 0 radical (unpaired) electrons. The molecule has 6 heteroatoms. The highest BCUT2D eigenvalue weighted by Gasteiger charge is 2.42. The van der Waals surface area contributed by atoms with Gasteiger partial charge in [0.1, 0.15) is 0 Å². The Labute approximate surface area is 127 Å². The van der Waals surface area contributed by atoms with Crippen molar-refractivity contribution in [2.24, 2.45) is 11.8 Å². The second kappa shape index (κ2) is 5.88. The van der Waals surface area contributed by atoms with Crippen molar-refractivity contribution in [3.05, 3.63) is 0 Å². The molecule has 1 N–H and O–H groups in total. The molecule has 0 aromatic heterocycles. The summed E-state index contributed by atoms with van der Waals surface area (Å²) >= 11 is 0. The third-order valence-electron chi connectivity index (χ3n) is 5.56. The van der Waals surface area contributed by atoms with Crippen LogP contribution < -0.4 is 5.32 Å². The van der Waals surface area contributed by atoms with Gasteiger partial charge in [-0.05, 0) is 51.0 Å². The molecule has 2 aliphatic heterocycles. The van der Waals surface area contributed by atoms with Gasteiger partial charge < -0.3 is 10.2 Å². The van der Waals surface area contributed by atoms with E-state index in [0.29, 0.717) is 30.7 Å². The van der Waals surface area contributed by atoms with Gasteiger partial charge in [0.25, 0.3) is 0 Å². The van der Waals surface area contributed by atoms with Gasteiger partial charge in [-0.15, -0.1) is 0 Å². The number of hydrogen-bond donors (Lipinski definition) is 1. The Hall–Kier alpha value is -0.620. The van der Waals surface area contributed by atoms with Crippen LogP contribution in [0.25, 0.3) is 0 Å². The summed E-state index contributed by atoms with van der Waals surface area (Å²) in [7, 11) is -1.02. The number of fused-ring (bicyclic) bond motifs is 1. The van der Waals surface area contributed by atoms with Crippen LogP contribution >= 0.6 is 0 Å². The summed E-state index contributed by atoms with van der Waals surface area (Å²) < 4.78 is 23.3. The SMILES string of the molecule is CNC1CCC2CCCC2N(CC2CCS(=O)(=O)C2)C1=O. The Morgan fingerprint density at radius 1 is 1.19 bits per heavy atom. The van der Waals surface area contributed by atoms with Crippen LogP contribution in [0, 0.1) is 11.8 Å². The molecule has 1 aliphatic carbocycles. The molecule has 5 nitrogen and oxygen atoms in total. The predicted octanol–water partition coefficient (Wildman–Crippen LogP) is 0.800. The second-order valence-corrected chi connectivity index (χ2v) is 9.17. The van der Waals surface area contributed by atoms with E-state index >= 15 is 0 Å². The van der Waals surface area contributed by atoms with Crippen LogP contribution in [0.4, 0.5) is 0 Å². The van der Waals surface area contributed by atoms with Crippen LogP contribution in [0.15, 0.2) is 0 Å². The quantitative estimate of drug-likeness (QED) is 0.837. The third kappa shape index (κ3) is 3.11. The molecule has 0 aromatic carbocycles. The van der Waals surface area contributed by atoms with Crippen molar-refractivity contribution in [3.63, 3.8) is 0 Å². The van der Waals surface area contributed by atoms with Crippen LogP contribution in [0.5, 0.6) is 0 Å². The Kier molecular flexibility index (Phi) is 4.28. The smallest absolute Gasteiger partial charge is 0.239 e. The average Bonchev–Trinajstić information content (AvgIpc) is 3.00. The summed E-state index contributed by atoms with van der Waals surface area (Å²) in [6.45, 7) is 0.636. The fraction of sp³-hybridized carbons (Fsp3) is 0.933. The van der Waals surface area contributed by atoms with Crippen molar-refractivity contribution < 1.29 is 13.2 Å². The standard InChI is InChI=1S/C15H26N2O3S/c1-16-13-6-5-12-3-2-4-14(12)17(15(13)18)9-11-7-8-21(19,20)10-11/h11-14,16H,2-10H2,1H3. The summed E-state index contributed by atoms with van der Waals surface area (Å²) in [5, 5.41) is 3.14. The maximum atomic E-state index is 12.8. The summed E-state index contributed by atoms with van der Waals surface area (Å²) in [4.78, 5) is 14.8. The lowest BCUT2D eigenvalue weighted by Gasteiger charge is -2.34. The molecule has 3 fully saturated rings. The Bertz CT molecular complexity index is 505. The molecule has 2 saturated heterocycles. The maximum absolute atomic E-state index is 12.8. The van der Waals surface area contributed by atoms with E-state index in [-0.39, 0.29) is 23.6 Å². The molecule has 0 spiro atoms. The molecule has 0 bridgehead atoms. The lowest BCUT2D eigenvalue weighted by Crippen LogP contribution is -2.50. The minimum Gasteiger partial charge on any atom is -0.338 e. The zero-order chi connectivity index (χ0) is 15.0. The van der Waals surface area contributed by atoms with Gasteiger partial charge in [0, 0.05) is 12.6 Å². The van der Waals surface area contributed by atoms with Gasteiger partial charge >= 0.3 is 0 Å². The highest BCUT2D eigenvalue weighted by atomic mass is 32.2. The van der Waals surface area contributed by atoms with Crippen molar-refractivity contribution in [1.82, 2.24) is 10.2 Å². The number of carbonyl (C=O) groups excluding carboxylic acids is 1. The Morgan fingerprint density at radius 3 is 2.67 bits per heavy atom. The molecule has 3 rings (SSSR count). The van der Waals surface area contributed by atoms with Gasteiger partial charge in [0.2, 0.25) is 5.91 Å². The largest absolute Gasteiger partial charge is 0.338 e. The summed E-state index contributed by atoms with van der Waals surface area (Å²) in [5.41, 5.74) is 0. The summed E-state index contributed by atoms with van der Waals surface area (Å²) in [6.07, 6.45) is 6.25. The number of rotatable bonds is 3. The van der Waals surface area contributed by atoms with Crippen molar-refractivity contribution in [2.75, 3.05) is 25.1 Å². The molecule has 1 saturated carbocycles. The van der Waals surface area contributed by atoms with E-state index in [1.54, 1.807) is 0 Å². The van der Waals surface area contributed by atoms with Crippen molar-refractivity contribution >= 4 is 15.7 Å². The minimum atomic E-state index is -2.87. The second-order valence-electron chi connectivity index (χ2n) is 6.94. The van der Waals surface area contributed by atoms with E-state index in [9.17, 15) is 13.2 Å². The average molecular weight is 314 g/mol. The zero-order valence-corrected chi connectivity index (χ0v) is 13.6. The number of likely N-dealkylation sites (tertiary alicyclic amines) is 1. The Morgan fingerprint density at radius 2 is 2.00 bits per heavy atom. The van der Waals surface area contributed by atoms with Gasteiger partial charge in [-0.25, -0.2) is 8.42 Å². The maximum Gasteiger partial charge on any atom is 0.239 e. The van der Waals surface area contributed by atoms with E-state index in [4.69, 9.17) is 0 Å². The van der Waals surface area contributed by atoms with E-state index in [0.717, 1.165) is 19.3 Å². The molecule has 3 aliphatic rings. The fourth-order valence-electron chi connectivity index (χ4n) is 4.42. The third-order valence-corrected chi connectivity index (χ3v) is 7.39. The molecular formula is C15H26N2O3S. The van der Waals surface area contributed by atoms with Gasteiger partial charge in [-0.2, -0.15) is 0 Å².